The Hall–Kier alpha value is -1.15. The molecule has 0 spiro atoms. The van der Waals surface area contributed by atoms with Gasteiger partial charge in [0.25, 0.3) is 0 Å². The van der Waals surface area contributed by atoms with E-state index in [1.165, 1.54) is 0 Å². The average molecular weight is 162 g/mol. The molecule has 1 saturated heterocycles. The van der Waals surface area contributed by atoms with Crippen molar-refractivity contribution in [2.75, 3.05) is 6.61 Å². The first-order chi connectivity index (χ1) is 5.92. The number of hydrogen-bond acceptors (Lipinski definition) is 2. The van der Waals surface area contributed by atoms with E-state index in [0.717, 1.165) is 30.4 Å². The molecule has 0 radical (unpaired) electrons. The fraction of sp³-hybridized carbons (Fsp3) is 0.300. The summed E-state index contributed by atoms with van der Waals surface area (Å²) in [5, 5.41) is 0. The van der Waals surface area contributed by atoms with Crippen LogP contribution in [0.5, 0.6) is 0 Å². The van der Waals surface area contributed by atoms with E-state index in [9.17, 15) is 4.79 Å². The highest BCUT2D eigenvalue weighted by atomic mass is 16.5. The maximum absolute atomic E-state index is 10.6. The molecule has 12 heavy (non-hydrogen) atoms. The summed E-state index contributed by atoms with van der Waals surface area (Å²) in [5.41, 5.74) is 1.78. The highest BCUT2D eigenvalue weighted by Crippen LogP contribution is 2.30. The molecule has 1 aromatic carbocycles. The molecule has 0 N–H and O–H groups in total. The Morgan fingerprint density at radius 3 is 2.75 bits per heavy atom. The van der Waals surface area contributed by atoms with Crippen LogP contribution in [0.4, 0.5) is 0 Å². The molecule has 2 rings (SSSR count). The van der Waals surface area contributed by atoms with E-state index in [2.05, 4.69) is 0 Å². The topological polar surface area (TPSA) is 26.3 Å². The van der Waals surface area contributed by atoms with Gasteiger partial charge in [0.2, 0.25) is 0 Å². The average Bonchev–Trinajstić information content (AvgIpc) is 2.02. The minimum atomic E-state index is 0.159. The third-order valence-corrected chi connectivity index (χ3v) is 2.17. The van der Waals surface area contributed by atoms with Crippen LogP contribution in [0.2, 0.25) is 0 Å². The largest absolute Gasteiger partial charge is 0.373 e. The summed E-state index contributed by atoms with van der Waals surface area (Å²) in [6.07, 6.45) is 2.08. The van der Waals surface area contributed by atoms with Gasteiger partial charge in [-0.15, -0.1) is 0 Å². The molecule has 62 valence electrons. The zero-order valence-corrected chi connectivity index (χ0v) is 6.69. The lowest BCUT2D eigenvalue weighted by Gasteiger charge is -2.27. The summed E-state index contributed by atoms with van der Waals surface area (Å²) in [7, 11) is 0. The van der Waals surface area contributed by atoms with Crippen LogP contribution in [0, 0.1) is 0 Å². The number of ether oxygens (including phenoxy) is 1. The molecule has 1 aliphatic rings. The summed E-state index contributed by atoms with van der Waals surface area (Å²) in [5.74, 6) is 0. The van der Waals surface area contributed by atoms with Gasteiger partial charge in [-0.05, 0) is 5.56 Å². The summed E-state index contributed by atoms with van der Waals surface area (Å²) < 4.78 is 5.30. The summed E-state index contributed by atoms with van der Waals surface area (Å²) in [6.45, 7) is 0.817. The third-order valence-electron chi connectivity index (χ3n) is 2.17. The van der Waals surface area contributed by atoms with Crippen molar-refractivity contribution in [1.82, 2.24) is 0 Å². The van der Waals surface area contributed by atoms with Crippen molar-refractivity contribution in [2.24, 2.45) is 0 Å². The molecule has 2 nitrogen and oxygen atoms in total. The van der Waals surface area contributed by atoms with Crippen molar-refractivity contribution >= 4 is 6.29 Å². The second kappa shape index (κ2) is 3.07. The van der Waals surface area contributed by atoms with Gasteiger partial charge in [0, 0.05) is 12.0 Å². The van der Waals surface area contributed by atoms with Crippen LogP contribution >= 0.6 is 0 Å². The predicted molar refractivity (Wildman–Crippen MR) is 45.1 cm³/mol. The lowest BCUT2D eigenvalue weighted by atomic mass is 9.98. The first-order valence-corrected chi connectivity index (χ1v) is 4.07. The molecular formula is C10H10O2. The second-order valence-electron chi connectivity index (χ2n) is 2.89. The van der Waals surface area contributed by atoms with E-state index >= 15 is 0 Å². The Morgan fingerprint density at radius 2 is 2.17 bits per heavy atom. The summed E-state index contributed by atoms with van der Waals surface area (Å²) >= 11 is 0. The van der Waals surface area contributed by atoms with Crippen LogP contribution in [0.15, 0.2) is 24.3 Å². The molecule has 1 fully saturated rings. The van der Waals surface area contributed by atoms with E-state index < -0.39 is 0 Å². The van der Waals surface area contributed by atoms with Crippen LogP contribution in [0.25, 0.3) is 0 Å². The van der Waals surface area contributed by atoms with E-state index in [1.807, 2.05) is 24.3 Å². The standard InChI is InChI=1S/C10H10O2/c11-7-8-3-1-2-4-9(8)10-5-6-12-10/h1-4,7,10H,5-6H2. The van der Waals surface area contributed by atoms with Crippen molar-refractivity contribution in [1.29, 1.82) is 0 Å². The van der Waals surface area contributed by atoms with Crippen LogP contribution in [-0.4, -0.2) is 12.9 Å². The molecular weight excluding hydrogens is 152 g/mol. The maximum Gasteiger partial charge on any atom is 0.150 e. The normalized spacial score (nSPS) is 21.5. The van der Waals surface area contributed by atoms with E-state index in [-0.39, 0.29) is 6.10 Å². The monoisotopic (exact) mass is 162 g/mol. The molecule has 1 aromatic rings. The minimum Gasteiger partial charge on any atom is -0.373 e. The molecule has 1 heterocycles. The zero-order valence-electron chi connectivity index (χ0n) is 6.69. The number of carbonyl (C=O) groups excluding carboxylic acids is 1. The van der Waals surface area contributed by atoms with Crippen molar-refractivity contribution in [3.63, 3.8) is 0 Å². The molecule has 0 saturated carbocycles. The fourth-order valence-corrected chi connectivity index (χ4v) is 1.39. The lowest BCUT2D eigenvalue weighted by molar-refractivity contribution is -0.0529. The zero-order chi connectivity index (χ0) is 8.39. The molecule has 1 unspecified atom stereocenters. The van der Waals surface area contributed by atoms with Gasteiger partial charge in [-0.1, -0.05) is 24.3 Å². The molecule has 2 heteroatoms. The van der Waals surface area contributed by atoms with E-state index in [0.29, 0.717) is 0 Å². The maximum atomic E-state index is 10.6. The number of hydrogen-bond donors (Lipinski definition) is 0. The molecule has 1 atom stereocenters. The Bertz CT molecular complexity index is 290. The number of benzene rings is 1. The number of carbonyl (C=O) groups is 1. The van der Waals surface area contributed by atoms with Crippen LogP contribution in [0.1, 0.15) is 28.4 Å². The van der Waals surface area contributed by atoms with Crippen LogP contribution in [0.3, 0.4) is 0 Å². The van der Waals surface area contributed by atoms with Gasteiger partial charge < -0.3 is 4.74 Å². The predicted octanol–water partition coefficient (Wildman–Crippen LogP) is 1.96. The summed E-state index contributed by atoms with van der Waals surface area (Å²) in [4.78, 5) is 10.6. The Balaban J connectivity index is 2.33. The van der Waals surface area contributed by atoms with Crippen molar-refractivity contribution in [3.8, 4) is 0 Å². The quantitative estimate of drug-likeness (QED) is 0.621. The second-order valence-corrected chi connectivity index (χ2v) is 2.89. The number of aldehydes is 1. The first-order valence-electron chi connectivity index (χ1n) is 4.07. The Labute approximate surface area is 71.2 Å². The van der Waals surface area contributed by atoms with Gasteiger partial charge in [-0.3, -0.25) is 4.79 Å². The van der Waals surface area contributed by atoms with E-state index in [1.54, 1.807) is 0 Å². The molecule has 0 bridgehead atoms. The van der Waals surface area contributed by atoms with Crippen LogP contribution < -0.4 is 0 Å². The highest BCUT2D eigenvalue weighted by Gasteiger charge is 2.22. The fourth-order valence-electron chi connectivity index (χ4n) is 1.39. The van der Waals surface area contributed by atoms with Gasteiger partial charge >= 0.3 is 0 Å². The van der Waals surface area contributed by atoms with Gasteiger partial charge in [0.05, 0.1) is 12.7 Å². The van der Waals surface area contributed by atoms with Gasteiger partial charge in [-0.25, -0.2) is 0 Å². The van der Waals surface area contributed by atoms with Crippen LogP contribution in [-0.2, 0) is 4.74 Å². The molecule has 0 amide bonds. The third kappa shape index (κ3) is 1.14. The van der Waals surface area contributed by atoms with E-state index in [4.69, 9.17) is 4.74 Å². The van der Waals surface area contributed by atoms with Crippen molar-refractivity contribution in [2.45, 2.75) is 12.5 Å². The van der Waals surface area contributed by atoms with Gasteiger partial charge in [0.15, 0.2) is 0 Å². The highest BCUT2D eigenvalue weighted by molar-refractivity contribution is 5.77. The first kappa shape index (κ1) is 7.50. The van der Waals surface area contributed by atoms with Crippen molar-refractivity contribution in [3.05, 3.63) is 35.4 Å². The Morgan fingerprint density at radius 1 is 1.42 bits per heavy atom. The minimum absolute atomic E-state index is 0.159. The van der Waals surface area contributed by atoms with Crippen molar-refractivity contribution < 1.29 is 9.53 Å². The van der Waals surface area contributed by atoms with Gasteiger partial charge in [-0.2, -0.15) is 0 Å². The smallest absolute Gasteiger partial charge is 0.150 e. The number of rotatable bonds is 2. The molecule has 0 aromatic heterocycles. The molecule has 0 aliphatic carbocycles. The lowest BCUT2D eigenvalue weighted by Crippen LogP contribution is -2.19. The summed E-state index contributed by atoms with van der Waals surface area (Å²) in [6, 6.07) is 7.58. The Kier molecular flexibility index (Phi) is 1.92. The SMILES string of the molecule is O=Cc1ccccc1C1CCO1. The molecule has 1 aliphatic heterocycles. The van der Waals surface area contributed by atoms with Gasteiger partial charge in [0.1, 0.15) is 6.29 Å².